The second kappa shape index (κ2) is 7.18. The molecule has 2 aromatic rings. The zero-order valence-corrected chi connectivity index (χ0v) is 14.5. The summed E-state index contributed by atoms with van der Waals surface area (Å²) in [7, 11) is 0. The molecule has 1 aromatic heterocycles. The van der Waals surface area contributed by atoms with Gasteiger partial charge in [-0.05, 0) is 6.07 Å². The Morgan fingerprint density at radius 1 is 1.40 bits per heavy atom. The van der Waals surface area contributed by atoms with Gasteiger partial charge in [-0.3, -0.25) is 14.4 Å². The highest BCUT2D eigenvalue weighted by atomic mass is 32.2. The molecule has 7 nitrogen and oxygen atoms in total. The van der Waals surface area contributed by atoms with E-state index in [4.69, 9.17) is 5.11 Å². The third kappa shape index (κ3) is 3.48. The molecule has 3 rings (SSSR count). The predicted molar refractivity (Wildman–Crippen MR) is 95.4 cm³/mol. The number of fused-ring (bicyclic) bond motifs is 1. The van der Waals surface area contributed by atoms with Crippen molar-refractivity contribution in [3.05, 3.63) is 36.0 Å². The van der Waals surface area contributed by atoms with E-state index in [1.807, 2.05) is 24.3 Å². The van der Waals surface area contributed by atoms with E-state index in [2.05, 4.69) is 10.3 Å². The lowest BCUT2D eigenvalue weighted by Gasteiger charge is -2.23. The number of carbonyl (C=O) groups is 3. The lowest BCUT2D eigenvalue weighted by Crippen LogP contribution is -2.48. The van der Waals surface area contributed by atoms with E-state index >= 15 is 0 Å². The molecule has 1 aliphatic heterocycles. The van der Waals surface area contributed by atoms with Gasteiger partial charge in [0.25, 0.3) is 5.91 Å². The van der Waals surface area contributed by atoms with Crippen LogP contribution in [0.3, 0.4) is 0 Å². The minimum absolute atomic E-state index is 0.0461. The number of thioether (sulfide) groups is 1. The molecule has 0 saturated carbocycles. The molecule has 8 heteroatoms. The molecule has 132 valence electrons. The first-order chi connectivity index (χ1) is 12.0. The van der Waals surface area contributed by atoms with Gasteiger partial charge in [0, 0.05) is 29.4 Å². The number of H-pyrrole nitrogens is 1. The topological polar surface area (TPSA) is 103 Å². The van der Waals surface area contributed by atoms with Crippen LogP contribution in [0.1, 0.15) is 17.3 Å². The van der Waals surface area contributed by atoms with E-state index in [1.165, 1.54) is 18.7 Å². The Kier molecular flexibility index (Phi) is 4.98. The average Bonchev–Trinajstić information content (AvgIpc) is 3.25. The number of nitrogens with one attached hydrogen (secondary N) is 2. The number of aliphatic carboxylic acids is 1. The van der Waals surface area contributed by atoms with Crippen LogP contribution in [0.4, 0.5) is 0 Å². The summed E-state index contributed by atoms with van der Waals surface area (Å²) in [6.45, 7) is 1.57. The van der Waals surface area contributed by atoms with E-state index in [9.17, 15) is 14.4 Å². The van der Waals surface area contributed by atoms with E-state index in [1.54, 1.807) is 11.1 Å². The van der Waals surface area contributed by atoms with Crippen molar-refractivity contribution in [1.82, 2.24) is 15.2 Å². The molecule has 2 atom stereocenters. The summed E-state index contributed by atoms with van der Waals surface area (Å²) in [6, 6.07) is 6.92. The number of hydrogen-bond acceptors (Lipinski definition) is 4. The van der Waals surface area contributed by atoms with Crippen molar-refractivity contribution in [3.8, 4) is 0 Å². The second-order valence-electron chi connectivity index (χ2n) is 6.02. The number of hydrogen-bond donors (Lipinski definition) is 3. The Morgan fingerprint density at radius 2 is 2.16 bits per heavy atom. The fourth-order valence-electron chi connectivity index (χ4n) is 2.72. The van der Waals surface area contributed by atoms with E-state index < -0.39 is 17.9 Å². The summed E-state index contributed by atoms with van der Waals surface area (Å²) < 4.78 is 0. The Morgan fingerprint density at radius 3 is 2.92 bits per heavy atom. The fourth-order valence-corrected chi connectivity index (χ4v) is 3.88. The molecule has 1 aliphatic rings. The van der Waals surface area contributed by atoms with Gasteiger partial charge in [0.15, 0.2) is 0 Å². The minimum Gasteiger partial charge on any atom is -0.481 e. The lowest BCUT2D eigenvalue weighted by molar-refractivity contribution is -0.141. The number of benzene rings is 1. The molecule has 25 heavy (non-hydrogen) atoms. The number of aromatic nitrogens is 1. The van der Waals surface area contributed by atoms with Crippen molar-refractivity contribution in [1.29, 1.82) is 0 Å². The maximum atomic E-state index is 12.9. The quantitative estimate of drug-likeness (QED) is 0.749. The summed E-state index contributed by atoms with van der Waals surface area (Å²) >= 11 is 1.51. The van der Waals surface area contributed by atoms with E-state index in [0.717, 1.165) is 10.9 Å². The van der Waals surface area contributed by atoms with Gasteiger partial charge in [0.1, 0.15) is 6.04 Å². The zero-order valence-electron chi connectivity index (χ0n) is 13.7. The van der Waals surface area contributed by atoms with Crippen molar-refractivity contribution < 1.29 is 19.5 Å². The van der Waals surface area contributed by atoms with Crippen LogP contribution in [0.15, 0.2) is 30.5 Å². The Balaban J connectivity index is 1.73. The van der Waals surface area contributed by atoms with Crippen LogP contribution in [-0.2, 0) is 9.59 Å². The molecule has 2 heterocycles. The van der Waals surface area contributed by atoms with Crippen molar-refractivity contribution >= 4 is 40.4 Å². The maximum Gasteiger partial charge on any atom is 0.308 e. The molecule has 0 bridgehead atoms. The number of amides is 2. The van der Waals surface area contributed by atoms with Crippen molar-refractivity contribution in [2.45, 2.75) is 13.0 Å². The molecular formula is C17H19N3O4S. The zero-order chi connectivity index (χ0) is 18.0. The van der Waals surface area contributed by atoms with Gasteiger partial charge in [-0.15, -0.1) is 11.8 Å². The largest absolute Gasteiger partial charge is 0.481 e. The molecule has 1 aromatic carbocycles. The van der Waals surface area contributed by atoms with Gasteiger partial charge in [0.05, 0.1) is 17.4 Å². The van der Waals surface area contributed by atoms with Crippen molar-refractivity contribution in [3.63, 3.8) is 0 Å². The molecule has 1 saturated heterocycles. The maximum absolute atomic E-state index is 12.9. The number of carboxylic acids is 1. The number of aromatic amines is 1. The van der Waals surface area contributed by atoms with Gasteiger partial charge in [0.2, 0.25) is 5.91 Å². The third-order valence-corrected chi connectivity index (χ3v) is 5.28. The first-order valence-electron chi connectivity index (χ1n) is 7.94. The minimum atomic E-state index is -0.965. The normalized spacial score (nSPS) is 18.3. The summed E-state index contributed by atoms with van der Waals surface area (Å²) in [4.78, 5) is 40.8. The number of para-hydroxylation sites is 1. The first kappa shape index (κ1) is 17.3. The number of rotatable bonds is 5. The Hall–Kier alpha value is -2.48. The number of nitrogens with zero attached hydrogens (tertiary/aromatic N) is 1. The summed E-state index contributed by atoms with van der Waals surface area (Å²) in [5, 5.41) is 12.4. The van der Waals surface area contributed by atoms with Gasteiger partial charge in [-0.1, -0.05) is 25.1 Å². The highest BCUT2D eigenvalue weighted by Gasteiger charge is 2.36. The van der Waals surface area contributed by atoms with Crippen LogP contribution < -0.4 is 5.32 Å². The van der Waals surface area contributed by atoms with Crippen molar-refractivity contribution in [2.75, 3.05) is 18.2 Å². The van der Waals surface area contributed by atoms with Crippen LogP contribution in [-0.4, -0.2) is 57.0 Å². The van der Waals surface area contributed by atoms with Gasteiger partial charge < -0.3 is 20.3 Å². The van der Waals surface area contributed by atoms with Crippen LogP contribution in [0, 0.1) is 5.92 Å². The van der Waals surface area contributed by atoms with Crippen molar-refractivity contribution in [2.24, 2.45) is 5.92 Å². The van der Waals surface area contributed by atoms with Gasteiger partial charge in [-0.25, -0.2) is 0 Å². The molecule has 2 amide bonds. The molecular weight excluding hydrogens is 342 g/mol. The lowest BCUT2D eigenvalue weighted by atomic mass is 10.1. The predicted octanol–water partition coefficient (Wildman–Crippen LogP) is 1.52. The standard InChI is InChI=1S/C17H19N3O4S/c1-10(17(23)24)6-19-15(21)14-8-25-9-20(14)16(22)12-7-18-13-5-3-2-4-11(12)13/h2-5,7,10,14,18H,6,8-9H2,1H3,(H,19,21)(H,23,24). The average molecular weight is 361 g/mol. The van der Waals surface area contributed by atoms with Gasteiger partial charge >= 0.3 is 5.97 Å². The van der Waals surface area contributed by atoms with Crippen LogP contribution >= 0.6 is 11.8 Å². The number of carboxylic acid groups (broad SMARTS) is 1. The second-order valence-corrected chi connectivity index (χ2v) is 7.02. The third-order valence-electron chi connectivity index (χ3n) is 4.27. The molecule has 1 fully saturated rings. The Bertz CT molecular complexity index is 819. The van der Waals surface area contributed by atoms with Crippen LogP contribution in [0.2, 0.25) is 0 Å². The number of carbonyl (C=O) groups excluding carboxylic acids is 2. The highest BCUT2D eigenvalue weighted by molar-refractivity contribution is 7.99. The highest BCUT2D eigenvalue weighted by Crippen LogP contribution is 2.26. The van der Waals surface area contributed by atoms with Crippen LogP contribution in [0.25, 0.3) is 10.9 Å². The molecule has 2 unspecified atom stereocenters. The van der Waals surface area contributed by atoms with Crippen LogP contribution in [0.5, 0.6) is 0 Å². The molecule has 3 N–H and O–H groups in total. The molecule has 0 radical (unpaired) electrons. The van der Waals surface area contributed by atoms with Gasteiger partial charge in [-0.2, -0.15) is 0 Å². The fraction of sp³-hybridized carbons (Fsp3) is 0.353. The SMILES string of the molecule is CC(CNC(=O)C1CSCN1C(=O)c1c[nH]c2ccccc12)C(=O)O. The monoisotopic (exact) mass is 361 g/mol. The molecule has 0 aliphatic carbocycles. The van der Waals surface area contributed by atoms with E-state index in [-0.39, 0.29) is 18.4 Å². The Labute approximate surface area is 148 Å². The molecule has 0 spiro atoms. The smallest absolute Gasteiger partial charge is 0.308 e. The summed E-state index contributed by atoms with van der Waals surface area (Å²) in [5.41, 5.74) is 1.41. The summed E-state index contributed by atoms with van der Waals surface area (Å²) in [6.07, 6.45) is 1.66. The summed E-state index contributed by atoms with van der Waals surface area (Å²) in [5.74, 6) is -1.21. The van der Waals surface area contributed by atoms with E-state index in [0.29, 0.717) is 17.2 Å². The first-order valence-corrected chi connectivity index (χ1v) is 9.10.